The molecule has 2 heteroatoms. The lowest BCUT2D eigenvalue weighted by Crippen LogP contribution is -2.19. The van der Waals surface area contributed by atoms with Gasteiger partial charge in [-0.15, -0.1) is 11.8 Å². The second-order valence-electron chi connectivity index (χ2n) is 4.57. The van der Waals surface area contributed by atoms with Crippen LogP contribution in [-0.2, 0) is 6.54 Å². The molecule has 0 unspecified atom stereocenters. The number of nitrogens with one attached hydrogen (secondary N) is 1. The Morgan fingerprint density at radius 2 is 2.06 bits per heavy atom. The lowest BCUT2D eigenvalue weighted by molar-refractivity contribution is 0.550. The molecule has 90 valence electrons. The van der Waals surface area contributed by atoms with Crippen molar-refractivity contribution in [2.45, 2.75) is 39.1 Å². The smallest absolute Gasteiger partial charge is 0.0216 e. The van der Waals surface area contributed by atoms with E-state index in [0.717, 1.165) is 18.8 Å². The van der Waals surface area contributed by atoms with E-state index in [0.29, 0.717) is 5.92 Å². The molecule has 0 amide bonds. The fraction of sp³-hybridized carbons (Fsp3) is 0.571. The van der Waals surface area contributed by atoms with Gasteiger partial charge >= 0.3 is 0 Å². The van der Waals surface area contributed by atoms with E-state index >= 15 is 0 Å². The monoisotopic (exact) mass is 237 g/mol. The Morgan fingerprint density at radius 1 is 1.31 bits per heavy atom. The number of hydrogen-bond acceptors (Lipinski definition) is 2. The van der Waals surface area contributed by atoms with Crippen molar-refractivity contribution in [3.63, 3.8) is 0 Å². The molecule has 1 rings (SSSR count). The van der Waals surface area contributed by atoms with Crippen molar-refractivity contribution in [3.05, 3.63) is 29.3 Å². The first-order valence-corrected chi connectivity index (χ1v) is 7.05. The molecule has 0 radical (unpaired) electrons. The van der Waals surface area contributed by atoms with Gasteiger partial charge in [0.1, 0.15) is 0 Å². The van der Waals surface area contributed by atoms with Crippen molar-refractivity contribution < 1.29 is 0 Å². The summed E-state index contributed by atoms with van der Waals surface area (Å²) < 4.78 is 0. The SMILES string of the molecule is CCSc1ccc(C)cc1CNCC(C)C. The van der Waals surface area contributed by atoms with Crippen LogP contribution in [0.1, 0.15) is 31.9 Å². The minimum Gasteiger partial charge on any atom is -0.312 e. The topological polar surface area (TPSA) is 12.0 Å². The van der Waals surface area contributed by atoms with E-state index < -0.39 is 0 Å². The van der Waals surface area contributed by atoms with Crippen LogP contribution in [0.3, 0.4) is 0 Å². The average molecular weight is 237 g/mol. The van der Waals surface area contributed by atoms with Gasteiger partial charge in [-0.05, 0) is 36.8 Å². The summed E-state index contributed by atoms with van der Waals surface area (Å²) in [4.78, 5) is 1.42. The summed E-state index contributed by atoms with van der Waals surface area (Å²) in [5.41, 5.74) is 2.79. The van der Waals surface area contributed by atoms with Crippen molar-refractivity contribution in [3.8, 4) is 0 Å². The van der Waals surface area contributed by atoms with Crippen LogP contribution < -0.4 is 5.32 Å². The van der Waals surface area contributed by atoms with Crippen LogP contribution in [0.15, 0.2) is 23.1 Å². The third kappa shape index (κ3) is 4.58. The average Bonchev–Trinajstić information content (AvgIpc) is 2.21. The predicted molar refractivity (Wildman–Crippen MR) is 74.1 cm³/mol. The third-order valence-corrected chi connectivity index (χ3v) is 3.38. The predicted octanol–water partition coefficient (Wildman–Crippen LogP) is 3.85. The Morgan fingerprint density at radius 3 is 2.69 bits per heavy atom. The van der Waals surface area contributed by atoms with Gasteiger partial charge in [0.2, 0.25) is 0 Å². The first-order chi connectivity index (χ1) is 7.63. The highest BCUT2D eigenvalue weighted by atomic mass is 32.2. The fourth-order valence-electron chi connectivity index (χ4n) is 1.64. The van der Waals surface area contributed by atoms with Crippen LogP contribution in [0.5, 0.6) is 0 Å². The zero-order valence-corrected chi connectivity index (χ0v) is 11.7. The largest absolute Gasteiger partial charge is 0.312 e. The Bertz CT molecular complexity index is 321. The fourth-order valence-corrected chi connectivity index (χ4v) is 2.43. The highest BCUT2D eigenvalue weighted by Gasteiger charge is 2.03. The van der Waals surface area contributed by atoms with Crippen molar-refractivity contribution >= 4 is 11.8 Å². The number of rotatable bonds is 6. The molecule has 16 heavy (non-hydrogen) atoms. The summed E-state index contributed by atoms with van der Waals surface area (Å²) in [5, 5.41) is 3.51. The molecule has 1 aromatic carbocycles. The Hall–Kier alpha value is -0.470. The molecule has 1 N–H and O–H groups in total. The summed E-state index contributed by atoms with van der Waals surface area (Å²) >= 11 is 1.93. The molecular weight excluding hydrogens is 214 g/mol. The molecule has 0 aromatic heterocycles. The summed E-state index contributed by atoms with van der Waals surface area (Å²) in [7, 11) is 0. The van der Waals surface area contributed by atoms with Crippen LogP contribution in [-0.4, -0.2) is 12.3 Å². The minimum absolute atomic E-state index is 0.715. The molecule has 0 heterocycles. The first-order valence-electron chi connectivity index (χ1n) is 6.06. The molecule has 0 aliphatic rings. The highest BCUT2D eigenvalue weighted by molar-refractivity contribution is 7.99. The first kappa shape index (κ1) is 13.6. The zero-order valence-electron chi connectivity index (χ0n) is 10.8. The molecule has 0 saturated heterocycles. The van der Waals surface area contributed by atoms with Gasteiger partial charge in [0.05, 0.1) is 0 Å². The Kier molecular flexibility index (Phi) is 5.93. The molecule has 0 saturated carbocycles. The molecule has 0 spiro atoms. The van der Waals surface area contributed by atoms with E-state index in [2.05, 4.69) is 51.2 Å². The minimum atomic E-state index is 0.715. The zero-order chi connectivity index (χ0) is 12.0. The summed E-state index contributed by atoms with van der Waals surface area (Å²) in [5.74, 6) is 1.85. The molecule has 1 aromatic rings. The maximum atomic E-state index is 3.51. The molecule has 1 nitrogen and oxygen atoms in total. The number of hydrogen-bond donors (Lipinski definition) is 1. The van der Waals surface area contributed by atoms with Gasteiger partial charge in [0, 0.05) is 11.4 Å². The Balaban J connectivity index is 2.64. The van der Waals surface area contributed by atoms with E-state index in [1.807, 2.05) is 11.8 Å². The van der Waals surface area contributed by atoms with E-state index in [1.54, 1.807) is 0 Å². The summed E-state index contributed by atoms with van der Waals surface area (Å²) in [6, 6.07) is 6.74. The number of thioether (sulfide) groups is 1. The van der Waals surface area contributed by atoms with Crippen LogP contribution in [0.4, 0.5) is 0 Å². The van der Waals surface area contributed by atoms with Crippen LogP contribution in [0, 0.1) is 12.8 Å². The highest BCUT2D eigenvalue weighted by Crippen LogP contribution is 2.23. The number of aryl methyl sites for hydroxylation is 1. The lowest BCUT2D eigenvalue weighted by Gasteiger charge is -2.12. The third-order valence-electron chi connectivity index (χ3n) is 2.38. The lowest BCUT2D eigenvalue weighted by atomic mass is 10.1. The second-order valence-corrected chi connectivity index (χ2v) is 5.87. The van der Waals surface area contributed by atoms with E-state index in [-0.39, 0.29) is 0 Å². The van der Waals surface area contributed by atoms with Gasteiger partial charge in [-0.2, -0.15) is 0 Å². The van der Waals surface area contributed by atoms with Crippen molar-refractivity contribution in [2.75, 3.05) is 12.3 Å². The molecule has 0 aliphatic carbocycles. The van der Waals surface area contributed by atoms with Crippen molar-refractivity contribution in [1.29, 1.82) is 0 Å². The van der Waals surface area contributed by atoms with E-state index in [9.17, 15) is 0 Å². The van der Waals surface area contributed by atoms with Crippen molar-refractivity contribution in [2.24, 2.45) is 5.92 Å². The second kappa shape index (κ2) is 6.97. The normalized spacial score (nSPS) is 11.1. The number of benzene rings is 1. The van der Waals surface area contributed by atoms with Crippen LogP contribution in [0.2, 0.25) is 0 Å². The van der Waals surface area contributed by atoms with Gasteiger partial charge in [0.25, 0.3) is 0 Å². The summed E-state index contributed by atoms with van der Waals surface area (Å²) in [6.07, 6.45) is 0. The van der Waals surface area contributed by atoms with Crippen LogP contribution in [0.25, 0.3) is 0 Å². The molecule has 0 aliphatic heterocycles. The molecular formula is C14H23NS. The van der Waals surface area contributed by atoms with E-state index in [1.165, 1.54) is 16.0 Å². The maximum absolute atomic E-state index is 3.51. The van der Waals surface area contributed by atoms with Gasteiger partial charge in [-0.1, -0.05) is 38.5 Å². The van der Waals surface area contributed by atoms with Crippen LogP contribution >= 0.6 is 11.8 Å². The maximum Gasteiger partial charge on any atom is 0.0216 e. The summed E-state index contributed by atoms with van der Waals surface area (Å²) in [6.45, 7) is 10.9. The molecule has 0 fully saturated rings. The molecule has 0 bridgehead atoms. The van der Waals surface area contributed by atoms with E-state index in [4.69, 9.17) is 0 Å². The van der Waals surface area contributed by atoms with Gasteiger partial charge in [-0.3, -0.25) is 0 Å². The van der Waals surface area contributed by atoms with Gasteiger partial charge in [-0.25, -0.2) is 0 Å². The quantitative estimate of drug-likeness (QED) is 0.754. The van der Waals surface area contributed by atoms with Gasteiger partial charge in [0.15, 0.2) is 0 Å². The standard InChI is InChI=1S/C14H23NS/c1-5-16-14-7-6-12(4)8-13(14)10-15-9-11(2)3/h6-8,11,15H,5,9-10H2,1-4H3. The van der Waals surface area contributed by atoms with Gasteiger partial charge < -0.3 is 5.32 Å². The van der Waals surface area contributed by atoms with Crippen molar-refractivity contribution in [1.82, 2.24) is 5.32 Å². The molecule has 0 atom stereocenters. The Labute approximate surface area is 104 Å².